The first-order valence-electron chi connectivity index (χ1n) is 11.1. The maximum Gasteiger partial charge on any atom is 0.272 e. The standard InChI is InChI=1S/C24H29N5O2S/c1-16(2)12-14-28-23(31)22-19(13-15-32-22)29-20(26-27-24(28)29)10-7-11-21(30)25-17(3)18-8-5-4-6-9-18/h4-6,8-9,13,15-17H,7,10-12,14H2,1-3H3,(H,25,30)/t17-/m1/s1. The molecule has 1 N–H and O–H groups in total. The summed E-state index contributed by atoms with van der Waals surface area (Å²) in [6, 6.07) is 11.9. The van der Waals surface area contributed by atoms with Gasteiger partial charge in [0, 0.05) is 19.4 Å². The van der Waals surface area contributed by atoms with Gasteiger partial charge in [0.2, 0.25) is 11.7 Å². The zero-order valence-corrected chi connectivity index (χ0v) is 19.6. The van der Waals surface area contributed by atoms with Gasteiger partial charge in [-0.25, -0.2) is 0 Å². The molecule has 7 nitrogen and oxygen atoms in total. The van der Waals surface area contributed by atoms with Crippen LogP contribution in [0.2, 0.25) is 0 Å². The minimum Gasteiger partial charge on any atom is -0.350 e. The zero-order chi connectivity index (χ0) is 22.7. The van der Waals surface area contributed by atoms with E-state index in [9.17, 15) is 9.59 Å². The summed E-state index contributed by atoms with van der Waals surface area (Å²) in [6.07, 6.45) is 2.58. The Morgan fingerprint density at radius 3 is 2.66 bits per heavy atom. The molecule has 0 spiro atoms. The molecular formula is C24H29N5O2S. The summed E-state index contributed by atoms with van der Waals surface area (Å²) < 4.78 is 4.44. The van der Waals surface area contributed by atoms with Crippen molar-refractivity contribution in [2.75, 3.05) is 0 Å². The van der Waals surface area contributed by atoms with Crippen molar-refractivity contribution in [3.05, 3.63) is 63.5 Å². The SMILES string of the molecule is CC(C)CCn1c(=O)c2sccc2n2c(CCCC(=O)N[C@H](C)c3ccccc3)nnc12. The lowest BCUT2D eigenvalue weighted by molar-refractivity contribution is -0.121. The third-order valence-corrected chi connectivity index (χ3v) is 6.58. The monoisotopic (exact) mass is 451 g/mol. The van der Waals surface area contributed by atoms with Crippen molar-refractivity contribution in [2.45, 2.75) is 59.0 Å². The summed E-state index contributed by atoms with van der Waals surface area (Å²) in [5, 5.41) is 13.7. The number of amides is 1. The fourth-order valence-electron chi connectivity index (χ4n) is 3.88. The molecule has 3 aromatic heterocycles. The van der Waals surface area contributed by atoms with Gasteiger partial charge >= 0.3 is 0 Å². The van der Waals surface area contributed by atoms with Gasteiger partial charge in [-0.1, -0.05) is 44.2 Å². The van der Waals surface area contributed by atoms with Crippen LogP contribution in [0.1, 0.15) is 57.5 Å². The molecule has 0 unspecified atom stereocenters. The Kier molecular flexibility index (Phi) is 6.69. The van der Waals surface area contributed by atoms with E-state index in [2.05, 4.69) is 29.4 Å². The third-order valence-electron chi connectivity index (χ3n) is 5.69. The van der Waals surface area contributed by atoms with Crippen molar-refractivity contribution in [1.29, 1.82) is 0 Å². The van der Waals surface area contributed by atoms with E-state index in [-0.39, 0.29) is 17.5 Å². The van der Waals surface area contributed by atoms with Crippen LogP contribution in [0.4, 0.5) is 0 Å². The quantitative estimate of drug-likeness (QED) is 0.410. The van der Waals surface area contributed by atoms with Gasteiger partial charge < -0.3 is 5.32 Å². The number of hydrogen-bond donors (Lipinski definition) is 1. The largest absolute Gasteiger partial charge is 0.350 e. The molecule has 0 radical (unpaired) electrons. The number of rotatable bonds is 9. The number of aryl methyl sites for hydroxylation is 2. The van der Waals surface area contributed by atoms with E-state index in [1.165, 1.54) is 11.3 Å². The minimum absolute atomic E-state index is 0.00335. The summed E-state index contributed by atoms with van der Waals surface area (Å²) in [4.78, 5) is 25.4. The number of carbonyl (C=O) groups excluding carboxylic acids is 1. The van der Waals surface area contributed by atoms with Crippen LogP contribution >= 0.6 is 11.3 Å². The van der Waals surface area contributed by atoms with Gasteiger partial charge in [-0.2, -0.15) is 0 Å². The van der Waals surface area contributed by atoms with Gasteiger partial charge in [0.1, 0.15) is 10.5 Å². The molecule has 8 heteroatoms. The maximum atomic E-state index is 13.0. The number of fused-ring (bicyclic) bond motifs is 3. The van der Waals surface area contributed by atoms with Gasteiger partial charge in [0.25, 0.3) is 5.56 Å². The molecule has 0 saturated heterocycles. The van der Waals surface area contributed by atoms with Gasteiger partial charge in [0.15, 0.2) is 0 Å². The topological polar surface area (TPSA) is 81.3 Å². The average molecular weight is 452 g/mol. The Bertz CT molecular complexity index is 1270. The Hall–Kier alpha value is -3.00. The highest BCUT2D eigenvalue weighted by atomic mass is 32.1. The number of carbonyl (C=O) groups is 1. The number of hydrogen-bond acceptors (Lipinski definition) is 5. The van der Waals surface area contributed by atoms with Crippen molar-refractivity contribution in [1.82, 2.24) is 24.5 Å². The van der Waals surface area contributed by atoms with E-state index in [4.69, 9.17) is 0 Å². The van der Waals surface area contributed by atoms with Crippen molar-refractivity contribution < 1.29 is 4.79 Å². The average Bonchev–Trinajstić information content (AvgIpc) is 3.41. The van der Waals surface area contributed by atoms with E-state index in [0.717, 1.165) is 28.0 Å². The Morgan fingerprint density at radius 2 is 1.91 bits per heavy atom. The first kappa shape index (κ1) is 22.2. The molecule has 0 aliphatic heterocycles. The predicted octanol–water partition coefficient (Wildman–Crippen LogP) is 4.35. The maximum absolute atomic E-state index is 13.0. The van der Waals surface area contributed by atoms with Crippen LogP contribution in [0.3, 0.4) is 0 Å². The van der Waals surface area contributed by atoms with Crippen LogP contribution in [-0.4, -0.2) is 25.1 Å². The molecule has 1 atom stereocenters. The fourth-order valence-corrected chi connectivity index (χ4v) is 4.70. The normalized spacial score (nSPS) is 12.6. The fraction of sp³-hybridized carbons (Fsp3) is 0.417. The first-order valence-corrected chi connectivity index (χ1v) is 12.0. The van der Waals surface area contributed by atoms with E-state index >= 15 is 0 Å². The van der Waals surface area contributed by atoms with E-state index in [0.29, 0.717) is 37.5 Å². The molecule has 0 aliphatic carbocycles. The first-order chi connectivity index (χ1) is 15.5. The van der Waals surface area contributed by atoms with Gasteiger partial charge in [-0.05, 0) is 42.7 Å². The van der Waals surface area contributed by atoms with Gasteiger partial charge in [0.05, 0.1) is 11.6 Å². The number of nitrogens with one attached hydrogen (secondary N) is 1. The molecule has 4 aromatic rings. The highest BCUT2D eigenvalue weighted by molar-refractivity contribution is 7.17. The highest BCUT2D eigenvalue weighted by Gasteiger charge is 2.18. The van der Waals surface area contributed by atoms with Crippen LogP contribution in [0.5, 0.6) is 0 Å². The van der Waals surface area contributed by atoms with Crippen LogP contribution in [0.15, 0.2) is 46.6 Å². The lowest BCUT2D eigenvalue weighted by atomic mass is 10.1. The van der Waals surface area contributed by atoms with Gasteiger partial charge in [-0.3, -0.25) is 18.6 Å². The minimum atomic E-state index is -0.0292. The number of benzene rings is 1. The van der Waals surface area contributed by atoms with E-state index in [1.807, 2.05) is 53.1 Å². The van der Waals surface area contributed by atoms with Crippen LogP contribution < -0.4 is 10.9 Å². The second-order valence-corrected chi connectivity index (χ2v) is 9.50. The molecule has 3 heterocycles. The van der Waals surface area contributed by atoms with Crippen LogP contribution in [-0.2, 0) is 17.8 Å². The molecule has 168 valence electrons. The second kappa shape index (κ2) is 9.65. The highest BCUT2D eigenvalue weighted by Crippen LogP contribution is 2.21. The smallest absolute Gasteiger partial charge is 0.272 e. The predicted molar refractivity (Wildman–Crippen MR) is 128 cm³/mol. The summed E-state index contributed by atoms with van der Waals surface area (Å²) in [7, 11) is 0. The summed E-state index contributed by atoms with van der Waals surface area (Å²) in [5.74, 6) is 1.87. The summed E-state index contributed by atoms with van der Waals surface area (Å²) in [6.45, 7) is 6.89. The van der Waals surface area contributed by atoms with Crippen LogP contribution in [0, 0.1) is 5.92 Å². The molecule has 32 heavy (non-hydrogen) atoms. The van der Waals surface area contributed by atoms with Crippen molar-refractivity contribution in [3.8, 4) is 0 Å². The molecular weight excluding hydrogens is 422 g/mol. The van der Waals surface area contributed by atoms with E-state index in [1.54, 1.807) is 4.57 Å². The molecule has 0 saturated carbocycles. The lowest BCUT2D eigenvalue weighted by Crippen LogP contribution is -2.26. The lowest BCUT2D eigenvalue weighted by Gasteiger charge is -2.14. The summed E-state index contributed by atoms with van der Waals surface area (Å²) in [5.41, 5.74) is 1.93. The summed E-state index contributed by atoms with van der Waals surface area (Å²) >= 11 is 1.45. The van der Waals surface area contributed by atoms with Crippen LogP contribution in [0.25, 0.3) is 16.0 Å². The third kappa shape index (κ3) is 4.60. The molecule has 0 aliphatic rings. The van der Waals surface area contributed by atoms with Crippen molar-refractivity contribution >= 4 is 33.2 Å². The molecule has 1 amide bonds. The second-order valence-electron chi connectivity index (χ2n) is 8.58. The number of thiophene rings is 1. The molecule has 0 fully saturated rings. The molecule has 1 aromatic carbocycles. The van der Waals surface area contributed by atoms with Crippen molar-refractivity contribution in [3.63, 3.8) is 0 Å². The number of aromatic nitrogens is 4. The Balaban J connectivity index is 1.49. The van der Waals surface area contributed by atoms with E-state index < -0.39 is 0 Å². The Morgan fingerprint density at radius 1 is 1.12 bits per heavy atom. The van der Waals surface area contributed by atoms with Crippen molar-refractivity contribution in [2.24, 2.45) is 5.92 Å². The molecule has 0 bridgehead atoms. The zero-order valence-electron chi connectivity index (χ0n) is 18.7. The number of nitrogens with zero attached hydrogens (tertiary/aromatic N) is 4. The molecule has 4 rings (SSSR count). The Labute approximate surface area is 191 Å². The van der Waals surface area contributed by atoms with Gasteiger partial charge in [-0.15, -0.1) is 21.5 Å².